The lowest BCUT2D eigenvalue weighted by Gasteiger charge is -2.50. The molecule has 0 radical (unpaired) electrons. The summed E-state index contributed by atoms with van der Waals surface area (Å²) in [4.78, 5) is 23.2. The van der Waals surface area contributed by atoms with Gasteiger partial charge in [-0.15, -0.1) is 12.6 Å². The van der Waals surface area contributed by atoms with Gasteiger partial charge in [0.25, 0.3) is 0 Å². The van der Waals surface area contributed by atoms with Gasteiger partial charge < -0.3 is 14.5 Å². The molecule has 0 saturated carbocycles. The number of hydrogen-bond acceptors (Lipinski definition) is 5. The lowest BCUT2D eigenvalue weighted by atomic mass is 9.79. The van der Waals surface area contributed by atoms with Crippen molar-refractivity contribution in [3.05, 3.63) is 0 Å². The fourth-order valence-corrected chi connectivity index (χ4v) is 4.78. The van der Waals surface area contributed by atoms with Crippen LogP contribution in [-0.2, 0) is 18.8 Å². The zero-order valence-corrected chi connectivity index (χ0v) is 16.8. The number of β-lactam (4-membered cyclic amide) rings is 1. The van der Waals surface area contributed by atoms with Crippen LogP contribution in [0.3, 0.4) is 0 Å². The normalized spacial score (nSPS) is 33.9. The molecule has 0 aromatic rings. The highest BCUT2D eigenvalue weighted by Gasteiger charge is 2.58. The van der Waals surface area contributed by atoms with Gasteiger partial charge in [0, 0.05) is 13.0 Å². The van der Waals surface area contributed by atoms with Gasteiger partial charge in [0.15, 0.2) is 19.0 Å². The van der Waals surface area contributed by atoms with Crippen LogP contribution in [0.2, 0.25) is 18.1 Å². The smallest absolute Gasteiger partial charge is 0.228 e. The number of thiol groups is 1. The zero-order chi connectivity index (χ0) is 17.6. The van der Waals surface area contributed by atoms with E-state index in [2.05, 4.69) is 51.8 Å². The third-order valence-corrected chi connectivity index (χ3v) is 10.7. The van der Waals surface area contributed by atoms with Crippen molar-refractivity contribution in [2.75, 3.05) is 6.61 Å². The van der Waals surface area contributed by atoms with Crippen LogP contribution in [0.15, 0.2) is 0 Å². The molecule has 0 aliphatic carbocycles. The van der Waals surface area contributed by atoms with Gasteiger partial charge in [0.2, 0.25) is 5.91 Å². The summed E-state index contributed by atoms with van der Waals surface area (Å²) in [5, 5.41) is 2.88. The maximum atomic E-state index is 12.3. The van der Waals surface area contributed by atoms with Gasteiger partial charge >= 0.3 is 0 Å². The van der Waals surface area contributed by atoms with E-state index in [1.165, 1.54) is 0 Å². The second-order valence-electron chi connectivity index (χ2n) is 8.17. The monoisotopic (exact) mass is 359 g/mol. The van der Waals surface area contributed by atoms with Crippen LogP contribution >= 0.6 is 12.6 Å². The van der Waals surface area contributed by atoms with Crippen molar-refractivity contribution < 1.29 is 18.8 Å². The average molecular weight is 360 g/mol. The molecule has 0 bridgehead atoms. The minimum atomic E-state index is -1.99. The van der Waals surface area contributed by atoms with Crippen molar-refractivity contribution in [1.29, 1.82) is 0 Å². The molecule has 7 heteroatoms. The molecule has 2 aliphatic heterocycles. The second-order valence-corrected chi connectivity index (χ2v) is 13.6. The number of rotatable bonds is 4. The molecule has 2 fully saturated rings. The Morgan fingerprint density at radius 1 is 1.39 bits per heavy atom. The van der Waals surface area contributed by atoms with Gasteiger partial charge in [0.1, 0.15) is 0 Å². The third-order valence-electron chi connectivity index (χ3n) is 5.44. The Bertz CT molecular complexity index is 505. The first-order valence-electron chi connectivity index (χ1n) is 8.28. The minimum absolute atomic E-state index is 0.0541. The van der Waals surface area contributed by atoms with Gasteiger partial charge in [-0.1, -0.05) is 20.8 Å². The van der Waals surface area contributed by atoms with Gasteiger partial charge in [-0.2, -0.15) is 0 Å². The van der Waals surface area contributed by atoms with E-state index in [4.69, 9.17) is 9.16 Å². The Morgan fingerprint density at radius 3 is 2.48 bits per heavy atom. The van der Waals surface area contributed by atoms with E-state index >= 15 is 0 Å². The van der Waals surface area contributed by atoms with Crippen molar-refractivity contribution >= 4 is 32.6 Å². The lowest BCUT2D eigenvalue weighted by Crippen LogP contribution is -2.73. The summed E-state index contributed by atoms with van der Waals surface area (Å²) < 4.78 is 12.0. The molecule has 5 nitrogen and oxygen atoms in total. The summed E-state index contributed by atoms with van der Waals surface area (Å²) in [5.74, 6) is -0.540. The molecule has 4 atom stereocenters. The SMILES string of the molecule is C[C@@H](O[Si](C)(C)C(C)(C)C)[C@H]1C(=O)N[C@@H]1[C@]1(S)OCCCC1=O. The van der Waals surface area contributed by atoms with Crippen molar-refractivity contribution in [3.8, 4) is 0 Å². The molecule has 132 valence electrons. The number of ketones is 1. The molecule has 23 heavy (non-hydrogen) atoms. The van der Waals surface area contributed by atoms with E-state index in [1.807, 2.05) is 6.92 Å². The van der Waals surface area contributed by atoms with E-state index < -0.39 is 25.2 Å². The van der Waals surface area contributed by atoms with Crippen molar-refractivity contribution in [2.24, 2.45) is 5.92 Å². The molecule has 0 unspecified atom stereocenters. The van der Waals surface area contributed by atoms with E-state index in [9.17, 15) is 9.59 Å². The molecule has 0 spiro atoms. The average Bonchev–Trinajstić information content (AvgIpc) is 2.37. The minimum Gasteiger partial charge on any atom is -0.413 e. The Morgan fingerprint density at radius 2 is 2.00 bits per heavy atom. The molecule has 2 saturated heterocycles. The predicted molar refractivity (Wildman–Crippen MR) is 95.1 cm³/mol. The van der Waals surface area contributed by atoms with Gasteiger partial charge in [-0.25, -0.2) is 0 Å². The highest BCUT2D eigenvalue weighted by Crippen LogP contribution is 2.42. The fourth-order valence-electron chi connectivity index (χ4n) is 2.92. The quantitative estimate of drug-likeness (QED) is 0.460. The summed E-state index contributed by atoms with van der Waals surface area (Å²) in [6.45, 7) is 13.2. The number of nitrogens with one attached hydrogen (secondary N) is 1. The van der Waals surface area contributed by atoms with Crippen molar-refractivity contribution in [1.82, 2.24) is 5.32 Å². The van der Waals surface area contributed by atoms with E-state index in [-0.39, 0.29) is 22.8 Å². The Balaban J connectivity index is 2.14. The summed E-state index contributed by atoms with van der Waals surface area (Å²) in [7, 11) is -1.99. The van der Waals surface area contributed by atoms with Crippen LogP contribution in [0.5, 0.6) is 0 Å². The second kappa shape index (κ2) is 6.17. The van der Waals surface area contributed by atoms with Gasteiger partial charge in [0.05, 0.1) is 18.1 Å². The first-order valence-corrected chi connectivity index (χ1v) is 11.6. The third kappa shape index (κ3) is 3.38. The molecule has 2 aliphatic rings. The highest BCUT2D eigenvalue weighted by atomic mass is 32.1. The molecule has 2 rings (SSSR count). The zero-order valence-electron chi connectivity index (χ0n) is 14.9. The largest absolute Gasteiger partial charge is 0.413 e. The van der Waals surface area contributed by atoms with E-state index in [0.717, 1.165) is 0 Å². The van der Waals surface area contributed by atoms with Crippen molar-refractivity contribution in [2.45, 2.75) is 75.7 Å². The number of carbonyl (C=O) groups excluding carboxylic acids is 2. The van der Waals surface area contributed by atoms with Crippen LogP contribution in [0, 0.1) is 5.92 Å². The number of Topliss-reactive ketones (excluding diaryl/α,β-unsaturated/α-hetero) is 1. The number of carbonyl (C=O) groups is 2. The number of ether oxygens (including phenoxy) is 1. The van der Waals surface area contributed by atoms with Crippen LogP contribution in [-0.4, -0.2) is 43.7 Å². The van der Waals surface area contributed by atoms with Crippen LogP contribution in [0.25, 0.3) is 0 Å². The lowest BCUT2D eigenvalue weighted by molar-refractivity contribution is -0.160. The van der Waals surface area contributed by atoms with Crippen molar-refractivity contribution in [3.63, 3.8) is 0 Å². The highest BCUT2D eigenvalue weighted by molar-refractivity contribution is 7.82. The fraction of sp³-hybridized carbons (Fsp3) is 0.875. The topological polar surface area (TPSA) is 64.6 Å². The first-order chi connectivity index (χ1) is 10.4. The van der Waals surface area contributed by atoms with Crippen LogP contribution < -0.4 is 5.32 Å². The van der Waals surface area contributed by atoms with Crippen LogP contribution in [0.4, 0.5) is 0 Å². The van der Waals surface area contributed by atoms with Gasteiger partial charge in [-0.3, -0.25) is 9.59 Å². The summed E-state index contributed by atoms with van der Waals surface area (Å²) in [6, 6.07) is -0.425. The van der Waals surface area contributed by atoms with E-state index in [1.54, 1.807) is 0 Å². The van der Waals surface area contributed by atoms with E-state index in [0.29, 0.717) is 19.4 Å². The number of amides is 1. The molecule has 2 heterocycles. The number of hydrogen-bond donors (Lipinski definition) is 2. The molecule has 0 aromatic carbocycles. The summed E-state index contributed by atoms with van der Waals surface area (Å²) in [6.07, 6.45) is 0.889. The molecule has 0 aromatic heterocycles. The first kappa shape index (κ1) is 19.0. The Kier molecular flexibility index (Phi) is 5.08. The maximum absolute atomic E-state index is 12.3. The Labute approximate surface area is 145 Å². The Hall–Kier alpha value is -0.373. The molecule has 1 amide bonds. The molecular weight excluding hydrogens is 330 g/mol. The molecular formula is C16H29NO4SSi. The predicted octanol–water partition coefficient (Wildman–Crippen LogP) is 2.52. The maximum Gasteiger partial charge on any atom is 0.228 e. The summed E-state index contributed by atoms with van der Waals surface area (Å²) >= 11 is 4.50. The van der Waals surface area contributed by atoms with Crippen LogP contribution in [0.1, 0.15) is 40.5 Å². The standard InChI is InChI=1S/C16H29NO4SSi/c1-10(21-23(5,6)15(2,3)4)12-13(17-14(12)19)16(22)11(18)8-7-9-20-16/h10,12-13,22H,7-9H2,1-6H3,(H,17,19)/t10-,12-,13+,16+/m1/s1. The summed E-state index contributed by atoms with van der Waals surface area (Å²) in [5.41, 5.74) is 0. The van der Waals surface area contributed by atoms with Gasteiger partial charge in [-0.05, 0) is 31.5 Å². The molecule has 1 N–H and O–H groups in total.